The van der Waals surface area contributed by atoms with Gasteiger partial charge in [-0.25, -0.2) is 14.4 Å². The minimum absolute atomic E-state index is 0.0650. The van der Waals surface area contributed by atoms with Crippen LogP contribution in [0.1, 0.15) is 22.0 Å². The van der Waals surface area contributed by atoms with Gasteiger partial charge in [0, 0.05) is 38.8 Å². The van der Waals surface area contributed by atoms with Crippen molar-refractivity contribution in [1.82, 2.24) is 24.8 Å². The highest BCUT2D eigenvalue weighted by Gasteiger charge is 2.47. The van der Waals surface area contributed by atoms with Gasteiger partial charge in [0.2, 0.25) is 0 Å². The zero-order valence-corrected chi connectivity index (χ0v) is 15.0. The molecule has 7 heteroatoms. The number of nitrogens with zero attached hydrogens (tertiary/aromatic N) is 4. The second-order valence-electron chi connectivity index (χ2n) is 7.43. The number of carbonyl (C=O) groups excluding carboxylic acids is 1. The molecule has 2 aliphatic rings. The van der Waals surface area contributed by atoms with E-state index >= 15 is 0 Å². The molecular formula is C20H20FN5O. The Morgan fingerprint density at radius 3 is 3.00 bits per heavy atom. The van der Waals surface area contributed by atoms with Crippen molar-refractivity contribution >= 4 is 17.1 Å². The van der Waals surface area contributed by atoms with Gasteiger partial charge in [-0.05, 0) is 29.7 Å². The molecule has 1 N–H and O–H groups in total. The second kappa shape index (κ2) is 6.13. The number of hydrogen-bond donors (Lipinski definition) is 1. The van der Waals surface area contributed by atoms with Crippen LogP contribution in [0.2, 0.25) is 0 Å². The summed E-state index contributed by atoms with van der Waals surface area (Å²) in [4.78, 5) is 24.1. The molecule has 0 radical (unpaired) electrons. The Kier molecular flexibility index (Phi) is 3.72. The Bertz CT molecular complexity index is 1030. The van der Waals surface area contributed by atoms with E-state index in [1.807, 2.05) is 18.0 Å². The summed E-state index contributed by atoms with van der Waals surface area (Å²) in [6.45, 7) is 2.38. The van der Waals surface area contributed by atoms with E-state index in [-0.39, 0.29) is 23.7 Å². The van der Waals surface area contributed by atoms with Crippen molar-refractivity contribution < 1.29 is 9.18 Å². The van der Waals surface area contributed by atoms with Gasteiger partial charge in [-0.15, -0.1) is 0 Å². The number of likely N-dealkylation sites (tertiary alicyclic amines) is 1. The molecule has 1 aromatic carbocycles. The van der Waals surface area contributed by atoms with Crippen LogP contribution < -0.4 is 5.32 Å². The first-order valence-electron chi connectivity index (χ1n) is 9.16. The van der Waals surface area contributed by atoms with E-state index in [9.17, 15) is 9.18 Å². The Morgan fingerprint density at radius 1 is 1.26 bits per heavy atom. The molecule has 2 aromatic heterocycles. The number of imidazole rings is 1. The van der Waals surface area contributed by atoms with E-state index in [1.165, 1.54) is 6.07 Å². The number of aromatic nitrogens is 3. The molecule has 2 saturated heterocycles. The SMILES string of the molecule is Cn1cnc2c(C(=O)N3C[C@@H]4CNC[C@@H]4[C@H]3c3cccc(F)c3)ccnc21. The van der Waals surface area contributed by atoms with Crippen molar-refractivity contribution in [3.63, 3.8) is 0 Å². The van der Waals surface area contributed by atoms with Crippen LogP contribution in [0.15, 0.2) is 42.9 Å². The maximum absolute atomic E-state index is 13.9. The fourth-order valence-electron chi connectivity index (χ4n) is 4.60. The highest BCUT2D eigenvalue weighted by Crippen LogP contribution is 2.43. The molecule has 0 bridgehead atoms. The van der Waals surface area contributed by atoms with Crippen LogP contribution in [0.5, 0.6) is 0 Å². The summed E-state index contributed by atoms with van der Waals surface area (Å²) in [5.74, 6) is 0.329. The number of nitrogens with one attached hydrogen (secondary N) is 1. The molecule has 0 saturated carbocycles. The van der Waals surface area contributed by atoms with Gasteiger partial charge in [0.15, 0.2) is 5.65 Å². The molecule has 3 atom stereocenters. The van der Waals surface area contributed by atoms with Crippen molar-refractivity contribution in [3.8, 4) is 0 Å². The summed E-state index contributed by atoms with van der Waals surface area (Å²) in [6.07, 6.45) is 3.31. The number of halogens is 1. The standard InChI is InChI=1S/C20H20FN5O/c1-25-11-24-17-15(5-6-23-19(17)25)20(27)26-10-13-8-22-9-16(13)18(26)12-3-2-4-14(21)7-12/h2-7,11,13,16,18,22H,8-10H2,1H3/t13-,16-,18+/m0/s1. The monoisotopic (exact) mass is 365 g/mol. The predicted octanol–water partition coefficient (Wildman–Crippen LogP) is 2.14. The van der Waals surface area contributed by atoms with Crippen LogP contribution in [0, 0.1) is 17.7 Å². The van der Waals surface area contributed by atoms with Crippen LogP contribution in [-0.2, 0) is 7.05 Å². The minimum Gasteiger partial charge on any atom is -0.331 e. The molecule has 138 valence electrons. The topological polar surface area (TPSA) is 63.1 Å². The predicted molar refractivity (Wildman–Crippen MR) is 98.5 cm³/mol. The summed E-state index contributed by atoms with van der Waals surface area (Å²) < 4.78 is 15.7. The van der Waals surface area contributed by atoms with Gasteiger partial charge in [0.25, 0.3) is 5.91 Å². The van der Waals surface area contributed by atoms with Gasteiger partial charge in [-0.3, -0.25) is 4.79 Å². The number of hydrogen-bond acceptors (Lipinski definition) is 4. The maximum atomic E-state index is 13.9. The third-order valence-electron chi connectivity index (χ3n) is 5.85. The molecule has 2 aliphatic heterocycles. The molecule has 6 nitrogen and oxygen atoms in total. The average Bonchev–Trinajstić information content (AvgIpc) is 3.35. The lowest BCUT2D eigenvalue weighted by Gasteiger charge is -2.28. The number of amides is 1. The first-order chi connectivity index (χ1) is 13.1. The van der Waals surface area contributed by atoms with Crippen LogP contribution >= 0.6 is 0 Å². The summed E-state index contributed by atoms with van der Waals surface area (Å²) in [7, 11) is 1.86. The van der Waals surface area contributed by atoms with Crippen LogP contribution in [0.4, 0.5) is 4.39 Å². The van der Waals surface area contributed by atoms with E-state index in [0.717, 1.165) is 18.7 Å². The number of rotatable bonds is 2. The van der Waals surface area contributed by atoms with Crippen molar-refractivity contribution in [2.75, 3.05) is 19.6 Å². The molecule has 5 rings (SSSR count). The lowest BCUT2D eigenvalue weighted by molar-refractivity contribution is 0.0715. The summed E-state index contributed by atoms with van der Waals surface area (Å²) in [5, 5.41) is 3.41. The second-order valence-corrected chi connectivity index (χ2v) is 7.43. The van der Waals surface area contributed by atoms with Gasteiger partial charge in [-0.2, -0.15) is 0 Å². The quantitative estimate of drug-likeness (QED) is 0.756. The molecule has 4 heterocycles. The van der Waals surface area contributed by atoms with Gasteiger partial charge in [0.05, 0.1) is 17.9 Å². The van der Waals surface area contributed by atoms with Crippen LogP contribution in [0.25, 0.3) is 11.2 Å². The third kappa shape index (κ3) is 2.53. The molecule has 27 heavy (non-hydrogen) atoms. The normalized spacial score (nSPS) is 24.5. The van der Waals surface area contributed by atoms with Crippen LogP contribution in [0.3, 0.4) is 0 Å². The Morgan fingerprint density at radius 2 is 2.15 bits per heavy atom. The average molecular weight is 365 g/mol. The van der Waals surface area contributed by atoms with Gasteiger partial charge >= 0.3 is 0 Å². The number of benzene rings is 1. The zero-order chi connectivity index (χ0) is 18.5. The van der Waals surface area contributed by atoms with E-state index < -0.39 is 0 Å². The van der Waals surface area contributed by atoms with Gasteiger partial charge < -0.3 is 14.8 Å². The third-order valence-corrected chi connectivity index (χ3v) is 5.85. The molecule has 0 spiro atoms. The fourth-order valence-corrected chi connectivity index (χ4v) is 4.60. The van der Waals surface area contributed by atoms with Gasteiger partial charge in [-0.1, -0.05) is 12.1 Å². The Balaban J connectivity index is 1.58. The molecule has 2 fully saturated rings. The smallest absolute Gasteiger partial charge is 0.256 e. The maximum Gasteiger partial charge on any atom is 0.256 e. The Labute approximate surface area is 156 Å². The van der Waals surface area contributed by atoms with Crippen molar-refractivity contribution in [2.45, 2.75) is 6.04 Å². The number of carbonyl (C=O) groups is 1. The van der Waals surface area contributed by atoms with Gasteiger partial charge in [0.1, 0.15) is 11.3 Å². The minimum atomic E-state index is -0.273. The summed E-state index contributed by atoms with van der Waals surface area (Å²) in [5.41, 5.74) is 2.70. The molecule has 0 unspecified atom stereocenters. The fraction of sp³-hybridized carbons (Fsp3) is 0.350. The molecule has 1 amide bonds. The number of fused-ring (bicyclic) bond motifs is 2. The van der Waals surface area contributed by atoms with E-state index in [4.69, 9.17) is 0 Å². The first-order valence-corrected chi connectivity index (χ1v) is 9.16. The van der Waals surface area contributed by atoms with Crippen molar-refractivity contribution in [2.24, 2.45) is 18.9 Å². The highest BCUT2D eigenvalue weighted by molar-refractivity contribution is 6.04. The number of aryl methyl sites for hydroxylation is 1. The van der Waals surface area contributed by atoms with Crippen LogP contribution in [-0.4, -0.2) is 45.0 Å². The first kappa shape index (κ1) is 16.4. The lowest BCUT2D eigenvalue weighted by atomic mass is 9.89. The largest absolute Gasteiger partial charge is 0.331 e. The van der Waals surface area contributed by atoms with E-state index in [0.29, 0.717) is 29.2 Å². The van der Waals surface area contributed by atoms with Crippen molar-refractivity contribution in [3.05, 3.63) is 59.8 Å². The summed E-state index contributed by atoms with van der Waals surface area (Å²) in [6, 6.07) is 8.21. The molecule has 0 aliphatic carbocycles. The lowest BCUT2D eigenvalue weighted by Crippen LogP contribution is -2.35. The number of pyridine rings is 1. The summed E-state index contributed by atoms with van der Waals surface area (Å²) >= 11 is 0. The van der Waals surface area contributed by atoms with Crippen molar-refractivity contribution in [1.29, 1.82) is 0 Å². The Hall–Kier alpha value is -2.80. The molecule has 3 aromatic rings. The zero-order valence-electron chi connectivity index (χ0n) is 15.0. The molecular weight excluding hydrogens is 345 g/mol. The van der Waals surface area contributed by atoms with E-state index in [1.54, 1.807) is 35.3 Å². The van der Waals surface area contributed by atoms with E-state index in [2.05, 4.69) is 15.3 Å². The highest BCUT2D eigenvalue weighted by atomic mass is 19.1.